The summed E-state index contributed by atoms with van der Waals surface area (Å²) in [5.74, 6) is 0.394. The first-order valence-electron chi connectivity index (χ1n) is 9.45. The van der Waals surface area contributed by atoms with Crippen LogP contribution in [0.2, 0.25) is 0 Å². The molecule has 0 aliphatic carbocycles. The molecule has 0 atom stereocenters. The van der Waals surface area contributed by atoms with Gasteiger partial charge in [-0.25, -0.2) is 4.79 Å². The fourth-order valence-electron chi connectivity index (χ4n) is 3.06. The smallest absolute Gasteiger partial charge is 0.338 e. The van der Waals surface area contributed by atoms with Crippen LogP contribution in [-0.4, -0.2) is 13.1 Å². The van der Waals surface area contributed by atoms with E-state index in [1.54, 1.807) is 35.0 Å². The van der Waals surface area contributed by atoms with Gasteiger partial charge in [-0.15, -0.1) is 23.1 Å². The zero-order valence-corrected chi connectivity index (χ0v) is 19.1. The van der Waals surface area contributed by atoms with E-state index in [1.807, 2.05) is 24.3 Å². The Balaban J connectivity index is 1.50. The Morgan fingerprint density at radius 1 is 1.03 bits per heavy atom. The number of fused-ring (bicyclic) bond motifs is 1. The molecule has 152 valence electrons. The predicted octanol–water partition coefficient (Wildman–Crippen LogP) is 7.41. The van der Waals surface area contributed by atoms with Crippen LogP contribution in [0.3, 0.4) is 0 Å². The van der Waals surface area contributed by atoms with Crippen molar-refractivity contribution in [2.75, 3.05) is 11.8 Å². The molecular weight excluding hydrogens is 430 g/mol. The van der Waals surface area contributed by atoms with E-state index in [9.17, 15) is 4.79 Å². The molecule has 0 spiro atoms. The van der Waals surface area contributed by atoms with E-state index in [2.05, 4.69) is 60.2 Å². The minimum Gasteiger partial charge on any atom is -0.465 e. The van der Waals surface area contributed by atoms with Crippen LogP contribution in [0.15, 0.2) is 81.9 Å². The largest absolute Gasteiger partial charge is 0.465 e. The molecule has 1 N–H and O–H groups in total. The number of rotatable bonds is 7. The molecule has 30 heavy (non-hydrogen) atoms. The molecule has 0 saturated heterocycles. The predicted molar refractivity (Wildman–Crippen MR) is 130 cm³/mol. The number of methoxy groups -OCH3 is 1. The fraction of sp³-hybridized carbons (Fsp3) is 0.125. The van der Waals surface area contributed by atoms with Gasteiger partial charge in [0.2, 0.25) is 0 Å². The molecule has 3 nitrogen and oxygen atoms in total. The van der Waals surface area contributed by atoms with Crippen molar-refractivity contribution in [3.63, 3.8) is 0 Å². The Labute approximate surface area is 189 Å². The summed E-state index contributed by atoms with van der Waals surface area (Å²) in [5, 5.41) is 1.27. The molecule has 1 heterocycles. The third-order valence-corrected chi connectivity index (χ3v) is 7.76. The van der Waals surface area contributed by atoms with Crippen LogP contribution in [-0.2, 0) is 10.5 Å². The van der Waals surface area contributed by atoms with Crippen LogP contribution in [0.1, 0.15) is 21.5 Å². The normalized spacial score (nSPS) is 10.9. The summed E-state index contributed by atoms with van der Waals surface area (Å²) < 4.78 is 11.0. The minimum absolute atomic E-state index is 0.297. The number of carbonyl (C=O) groups is 1. The first-order chi connectivity index (χ1) is 14.6. The van der Waals surface area contributed by atoms with Gasteiger partial charge in [0, 0.05) is 15.3 Å². The van der Waals surface area contributed by atoms with Gasteiger partial charge in [0.05, 0.1) is 22.6 Å². The van der Waals surface area contributed by atoms with Crippen molar-refractivity contribution in [1.29, 1.82) is 0 Å². The molecule has 0 aliphatic rings. The van der Waals surface area contributed by atoms with E-state index in [1.165, 1.54) is 27.0 Å². The molecular formula is C24H21NO2S3. The average Bonchev–Trinajstić information content (AvgIpc) is 3.19. The standard InChI is InChI=1S/C24H21NO2S3/c1-16-11-12-20(25-30-23-14-17-7-4-6-10-21(17)29-23)22(13-16)28-15-18-8-3-5-9-19(18)24(26)27-2/h3-14,25H,15H2,1-2H3. The van der Waals surface area contributed by atoms with Crippen molar-refractivity contribution in [3.8, 4) is 0 Å². The Hall–Kier alpha value is -2.41. The summed E-state index contributed by atoms with van der Waals surface area (Å²) in [6.45, 7) is 2.09. The Kier molecular flexibility index (Phi) is 6.67. The second-order valence-corrected chi connectivity index (χ2v) is 9.95. The molecule has 4 aromatic rings. The number of nitrogens with one attached hydrogen (secondary N) is 1. The van der Waals surface area contributed by atoms with Crippen LogP contribution < -0.4 is 4.72 Å². The van der Waals surface area contributed by atoms with E-state index < -0.39 is 0 Å². The maximum absolute atomic E-state index is 12.1. The summed E-state index contributed by atoms with van der Waals surface area (Å²) in [6.07, 6.45) is 0. The number of hydrogen-bond donors (Lipinski definition) is 1. The van der Waals surface area contributed by atoms with E-state index in [0.717, 1.165) is 16.1 Å². The van der Waals surface area contributed by atoms with Gasteiger partial charge >= 0.3 is 5.97 Å². The molecule has 0 unspecified atom stereocenters. The van der Waals surface area contributed by atoms with Gasteiger partial charge in [-0.05, 0) is 65.7 Å². The van der Waals surface area contributed by atoms with Crippen molar-refractivity contribution in [2.24, 2.45) is 0 Å². The molecule has 0 radical (unpaired) electrons. The highest BCUT2D eigenvalue weighted by molar-refractivity contribution is 8.02. The lowest BCUT2D eigenvalue weighted by atomic mass is 10.1. The van der Waals surface area contributed by atoms with E-state index in [-0.39, 0.29) is 5.97 Å². The van der Waals surface area contributed by atoms with Crippen LogP contribution in [0, 0.1) is 6.92 Å². The topological polar surface area (TPSA) is 38.3 Å². The van der Waals surface area contributed by atoms with Gasteiger partial charge in [-0.1, -0.05) is 42.5 Å². The number of thioether (sulfide) groups is 1. The first kappa shape index (κ1) is 20.8. The minimum atomic E-state index is -0.297. The summed E-state index contributed by atoms with van der Waals surface area (Å²) in [6, 6.07) is 24.7. The molecule has 3 aromatic carbocycles. The van der Waals surface area contributed by atoms with Crippen LogP contribution in [0.5, 0.6) is 0 Å². The third-order valence-electron chi connectivity index (χ3n) is 4.61. The maximum Gasteiger partial charge on any atom is 0.338 e. The van der Waals surface area contributed by atoms with Crippen LogP contribution >= 0.6 is 35.0 Å². The van der Waals surface area contributed by atoms with Crippen molar-refractivity contribution < 1.29 is 9.53 Å². The van der Waals surface area contributed by atoms with Gasteiger partial charge in [-0.3, -0.25) is 0 Å². The van der Waals surface area contributed by atoms with Crippen molar-refractivity contribution in [1.82, 2.24) is 0 Å². The number of aryl methyl sites for hydroxylation is 1. The second kappa shape index (κ2) is 9.60. The van der Waals surface area contributed by atoms with E-state index in [0.29, 0.717) is 11.3 Å². The van der Waals surface area contributed by atoms with Crippen LogP contribution in [0.4, 0.5) is 5.69 Å². The van der Waals surface area contributed by atoms with Crippen molar-refractivity contribution >= 4 is 56.8 Å². The molecule has 4 rings (SSSR count). The maximum atomic E-state index is 12.1. The second-order valence-electron chi connectivity index (χ2n) is 6.74. The highest BCUT2D eigenvalue weighted by atomic mass is 32.2. The zero-order chi connectivity index (χ0) is 20.9. The summed E-state index contributed by atoms with van der Waals surface area (Å²) >= 11 is 5.14. The summed E-state index contributed by atoms with van der Waals surface area (Å²) in [4.78, 5) is 13.2. The molecule has 6 heteroatoms. The molecule has 0 amide bonds. The quantitative estimate of drug-likeness (QED) is 0.180. The molecule has 0 fully saturated rings. The summed E-state index contributed by atoms with van der Waals surface area (Å²) in [7, 11) is 1.42. The van der Waals surface area contributed by atoms with Gasteiger partial charge < -0.3 is 9.46 Å². The number of carbonyl (C=O) groups excluding carboxylic acids is 1. The van der Waals surface area contributed by atoms with E-state index in [4.69, 9.17) is 4.74 Å². The monoisotopic (exact) mass is 451 g/mol. The lowest BCUT2D eigenvalue weighted by Gasteiger charge is -2.13. The zero-order valence-electron chi connectivity index (χ0n) is 16.7. The number of benzene rings is 3. The molecule has 1 aromatic heterocycles. The fourth-order valence-corrected chi connectivity index (χ4v) is 6.16. The Bertz CT molecular complexity index is 1150. The molecule has 0 saturated carbocycles. The van der Waals surface area contributed by atoms with Gasteiger partial charge in [-0.2, -0.15) is 0 Å². The number of thiophene rings is 1. The number of anilines is 1. The SMILES string of the molecule is COC(=O)c1ccccc1CSc1cc(C)ccc1NSc1cc2ccccc2s1. The Morgan fingerprint density at radius 2 is 1.83 bits per heavy atom. The third kappa shape index (κ3) is 4.83. The summed E-state index contributed by atoms with van der Waals surface area (Å²) in [5.41, 5.74) is 3.87. The van der Waals surface area contributed by atoms with Gasteiger partial charge in [0.25, 0.3) is 0 Å². The molecule has 0 bridgehead atoms. The van der Waals surface area contributed by atoms with Crippen molar-refractivity contribution in [3.05, 3.63) is 89.5 Å². The van der Waals surface area contributed by atoms with Gasteiger partial charge in [0.1, 0.15) is 0 Å². The Morgan fingerprint density at radius 3 is 2.67 bits per heavy atom. The lowest BCUT2D eigenvalue weighted by Crippen LogP contribution is -2.04. The van der Waals surface area contributed by atoms with Crippen LogP contribution in [0.25, 0.3) is 10.1 Å². The van der Waals surface area contributed by atoms with Crippen molar-refractivity contribution in [2.45, 2.75) is 21.8 Å². The van der Waals surface area contributed by atoms with Gasteiger partial charge in [0.15, 0.2) is 0 Å². The first-order valence-corrected chi connectivity index (χ1v) is 12.1. The molecule has 0 aliphatic heterocycles. The highest BCUT2D eigenvalue weighted by Gasteiger charge is 2.13. The highest BCUT2D eigenvalue weighted by Crippen LogP contribution is 2.37. The number of esters is 1. The van der Waals surface area contributed by atoms with E-state index >= 15 is 0 Å². The number of hydrogen-bond acceptors (Lipinski definition) is 6. The lowest BCUT2D eigenvalue weighted by molar-refractivity contribution is 0.0600. The number of ether oxygens (including phenoxy) is 1. The average molecular weight is 452 g/mol.